The summed E-state index contributed by atoms with van der Waals surface area (Å²) in [5, 5.41) is 0.654. The summed E-state index contributed by atoms with van der Waals surface area (Å²) in [6.07, 6.45) is 0.832. The molecule has 0 saturated heterocycles. The minimum absolute atomic E-state index is 0.000445. The number of nitrogens with zero attached hydrogens (tertiary/aromatic N) is 1. The van der Waals surface area contributed by atoms with Crippen LogP contribution in [-0.2, 0) is 22.5 Å². The van der Waals surface area contributed by atoms with Crippen LogP contribution in [0.2, 0.25) is 5.02 Å². The maximum absolute atomic E-state index is 13.4. The highest BCUT2D eigenvalue weighted by Crippen LogP contribution is 2.46. The summed E-state index contributed by atoms with van der Waals surface area (Å²) in [7, 11) is 0. The van der Waals surface area contributed by atoms with Crippen molar-refractivity contribution in [2.24, 2.45) is 0 Å². The third-order valence-corrected chi connectivity index (χ3v) is 6.35. The molecule has 0 saturated carbocycles. The van der Waals surface area contributed by atoms with Crippen molar-refractivity contribution < 1.29 is 9.53 Å². The highest BCUT2D eigenvalue weighted by Gasteiger charge is 2.51. The summed E-state index contributed by atoms with van der Waals surface area (Å²) in [6.45, 7) is 9.68. The highest BCUT2D eigenvalue weighted by molar-refractivity contribution is 6.30. The molecule has 3 nitrogen and oxygen atoms in total. The molecule has 32 heavy (non-hydrogen) atoms. The molecule has 0 fully saturated rings. The second-order valence-electron chi connectivity index (χ2n) is 9.39. The fourth-order valence-electron chi connectivity index (χ4n) is 4.40. The van der Waals surface area contributed by atoms with Crippen LogP contribution >= 0.6 is 11.6 Å². The number of hydrogen-bond acceptors (Lipinski definition) is 2. The van der Waals surface area contributed by atoms with Gasteiger partial charge in [-0.25, -0.2) is 0 Å². The van der Waals surface area contributed by atoms with Crippen LogP contribution in [0.3, 0.4) is 0 Å². The zero-order valence-electron chi connectivity index (χ0n) is 19.2. The van der Waals surface area contributed by atoms with E-state index < -0.39 is 5.72 Å². The molecule has 0 spiro atoms. The van der Waals surface area contributed by atoms with E-state index in [1.54, 1.807) is 0 Å². The molecule has 1 unspecified atom stereocenters. The molecule has 0 radical (unpaired) electrons. The quantitative estimate of drug-likeness (QED) is 0.410. The van der Waals surface area contributed by atoms with Crippen molar-refractivity contribution in [1.29, 1.82) is 0 Å². The molecule has 4 heteroatoms. The van der Waals surface area contributed by atoms with E-state index in [0.717, 1.165) is 23.1 Å². The number of carbonyl (C=O) groups excluding carboxylic acids is 1. The maximum Gasteiger partial charge on any atom is 0.257 e. The van der Waals surface area contributed by atoms with E-state index in [9.17, 15) is 4.79 Å². The van der Waals surface area contributed by atoms with Gasteiger partial charge in [0.05, 0.1) is 6.61 Å². The summed E-state index contributed by atoms with van der Waals surface area (Å²) < 4.78 is 6.75. The molecular formula is C28H30ClNO2. The molecule has 3 aromatic rings. The maximum atomic E-state index is 13.4. The van der Waals surface area contributed by atoms with Crippen molar-refractivity contribution in [1.82, 2.24) is 4.90 Å². The van der Waals surface area contributed by atoms with Crippen LogP contribution in [0, 0.1) is 0 Å². The minimum Gasteiger partial charge on any atom is -0.342 e. The van der Waals surface area contributed by atoms with Crippen LogP contribution < -0.4 is 0 Å². The van der Waals surface area contributed by atoms with Gasteiger partial charge in [-0.15, -0.1) is 0 Å². The third kappa shape index (κ3) is 3.96. The molecule has 1 heterocycles. The number of rotatable bonds is 6. The summed E-state index contributed by atoms with van der Waals surface area (Å²) in [5.74, 6) is 0.000445. The van der Waals surface area contributed by atoms with Gasteiger partial charge in [0, 0.05) is 28.3 Å². The van der Waals surface area contributed by atoms with Gasteiger partial charge >= 0.3 is 0 Å². The van der Waals surface area contributed by atoms with Crippen LogP contribution in [-0.4, -0.2) is 17.4 Å². The molecule has 0 N–H and O–H groups in total. The molecule has 1 aliphatic heterocycles. The fraction of sp³-hybridized carbons (Fsp3) is 0.321. The van der Waals surface area contributed by atoms with E-state index >= 15 is 0 Å². The first-order valence-corrected chi connectivity index (χ1v) is 11.6. The van der Waals surface area contributed by atoms with Gasteiger partial charge in [-0.05, 0) is 41.2 Å². The second-order valence-corrected chi connectivity index (χ2v) is 9.83. The Bertz CT molecular complexity index is 1100. The standard InChI is InChI=1S/C28H30ClNO2/c1-5-18-30-26(31)24-8-6-7-9-25(24)28(30,22-14-16-23(29)17-15-22)32-19-20-10-12-21(13-11-20)27(2,3)4/h6-17H,5,18-19H2,1-4H3. The van der Waals surface area contributed by atoms with Crippen LogP contribution in [0.15, 0.2) is 72.8 Å². The third-order valence-electron chi connectivity index (χ3n) is 6.10. The van der Waals surface area contributed by atoms with Crippen LogP contribution in [0.5, 0.6) is 0 Å². The van der Waals surface area contributed by atoms with E-state index in [1.165, 1.54) is 5.56 Å². The second kappa shape index (κ2) is 8.73. The van der Waals surface area contributed by atoms with Gasteiger partial charge in [0.15, 0.2) is 5.72 Å². The molecule has 4 rings (SSSR count). The predicted molar refractivity (Wildman–Crippen MR) is 130 cm³/mol. The van der Waals surface area contributed by atoms with Gasteiger partial charge in [-0.1, -0.05) is 93.9 Å². The molecule has 0 aliphatic carbocycles. The van der Waals surface area contributed by atoms with Gasteiger partial charge in [-0.2, -0.15) is 0 Å². The fourth-order valence-corrected chi connectivity index (χ4v) is 4.52. The summed E-state index contributed by atoms with van der Waals surface area (Å²) in [5.41, 5.74) is 3.93. The van der Waals surface area contributed by atoms with E-state index in [0.29, 0.717) is 23.7 Å². The molecule has 1 amide bonds. The Morgan fingerprint density at radius 3 is 2.22 bits per heavy atom. The van der Waals surface area contributed by atoms with Crippen LogP contribution in [0.4, 0.5) is 0 Å². The Morgan fingerprint density at radius 1 is 0.938 bits per heavy atom. The van der Waals surface area contributed by atoms with Crippen molar-refractivity contribution in [3.05, 3.63) is 106 Å². The molecule has 1 aliphatic rings. The van der Waals surface area contributed by atoms with Gasteiger partial charge in [0.1, 0.15) is 0 Å². The van der Waals surface area contributed by atoms with Crippen LogP contribution in [0.1, 0.15) is 66.7 Å². The predicted octanol–water partition coefficient (Wildman–Crippen LogP) is 6.92. The van der Waals surface area contributed by atoms with Crippen LogP contribution in [0.25, 0.3) is 0 Å². The Morgan fingerprint density at radius 2 is 1.59 bits per heavy atom. The number of halogens is 1. The molecule has 1 atom stereocenters. The van der Waals surface area contributed by atoms with Crippen molar-refractivity contribution in [2.75, 3.05) is 6.54 Å². The first-order chi connectivity index (χ1) is 15.3. The largest absolute Gasteiger partial charge is 0.342 e. The number of ether oxygens (including phenoxy) is 1. The smallest absolute Gasteiger partial charge is 0.257 e. The lowest BCUT2D eigenvalue weighted by atomic mass is 9.87. The van der Waals surface area contributed by atoms with E-state index in [2.05, 4.69) is 52.0 Å². The zero-order chi connectivity index (χ0) is 22.9. The zero-order valence-corrected chi connectivity index (χ0v) is 19.9. The average Bonchev–Trinajstić information content (AvgIpc) is 3.02. The Kier molecular flexibility index (Phi) is 6.15. The van der Waals surface area contributed by atoms with Crippen molar-refractivity contribution in [3.8, 4) is 0 Å². The number of hydrogen-bond donors (Lipinski definition) is 0. The SMILES string of the molecule is CCCN1C(=O)c2ccccc2C1(OCc1ccc(C(C)(C)C)cc1)c1ccc(Cl)cc1. The topological polar surface area (TPSA) is 29.5 Å². The van der Waals surface area contributed by atoms with E-state index in [-0.39, 0.29) is 11.3 Å². The summed E-state index contributed by atoms with van der Waals surface area (Å²) in [4.78, 5) is 15.3. The first kappa shape index (κ1) is 22.6. The molecule has 0 aromatic heterocycles. The monoisotopic (exact) mass is 447 g/mol. The number of carbonyl (C=O) groups is 1. The summed E-state index contributed by atoms with van der Waals surface area (Å²) in [6, 6.07) is 23.9. The van der Waals surface area contributed by atoms with Gasteiger partial charge in [0.2, 0.25) is 0 Å². The normalized spacial score (nSPS) is 18.2. The number of amides is 1. The lowest BCUT2D eigenvalue weighted by Gasteiger charge is -2.39. The molecule has 3 aromatic carbocycles. The lowest BCUT2D eigenvalue weighted by Crippen LogP contribution is -2.47. The Labute approximate surface area is 196 Å². The van der Waals surface area contributed by atoms with Crippen molar-refractivity contribution in [2.45, 2.75) is 51.9 Å². The Balaban J connectivity index is 1.78. The number of benzene rings is 3. The summed E-state index contributed by atoms with van der Waals surface area (Å²) >= 11 is 6.19. The molecule has 166 valence electrons. The van der Waals surface area contributed by atoms with Crippen molar-refractivity contribution in [3.63, 3.8) is 0 Å². The molecular weight excluding hydrogens is 418 g/mol. The average molecular weight is 448 g/mol. The highest BCUT2D eigenvalue weighted by atomic mass is 35.5. The van der Waals surface area contributed by atoms with Crippen molar-refractivity contribution >= 4 is 17.5 Å². The van der Waals surface area contributed by atoms with E-state index in [4.69, 9.17) is 16.3 Å². The van der Waals surface area contributed by atoms with Gasteiger partial charge in [0.25, 0.3) is 5.91 Å². The minimum atomic E-state index is -0.989. The first-order valence-electron chi connectivity index (χ1n) is 11.2. The van der Waals surface area contributed by atoms with E-state index in [1.807, 2.05) is 53.4 Å². The molecule has 0 bridgehead atoms. The van der Waals surface area contributed by atoms with Gasteiger partial charge < -0.3 is 9.64 Å². The Hall–Kier alpha value is -2.62. The van der Waals surface area contributed by atoms with Gasteiger partial charge in [-0.3, -0.25) is 4.79 Å². The lowest BCUT2D eigenvalue weighted by molar-refractivity contribution is -0.117. The number of fused-ring (bicyclic) bond motifs is 1.